The molecule has 1 unspecified atom stereocenters. The van der Waals surface area contributed by atoms with E-state index in [0.29, 0.717) is 12.2 Å². The molecule has 0 bridgehead atoms. The second-order valence-electron chi connectivity index (χ2n) is 5.05. The van der Waals surface area contributed by atoms with E-state index in [0.717, 1.165) is 12.8 Å². The maximum Gasteiger partial charge on any atom is 0.387 e. The first-order valence-electron chi connectivity index (χ1n) is 6.83. The lowest BCUT2D eigenvalue weighted by Crippen LogP contribution is -2.21. The summed E-state index contributed by atoms with van der Waals surface area (Å²) >= 11 is 0. The maximum absolute atomic E-state index is 12.2. The van der Waals surface area contributed by atoms with Crippen molar-refractivity contribution in [1.82, 2.24) is 0 Å². The van der Waals surface area contributed by atoms with Crippen molar-refractivity contribution in [3.05, 3.63) is 23.8 Å². The van der Waals surface area contributed by atoms with Gasteiger partial charge in [0.1, 0.15) is 0 Å². The molecule has 5 nitrogen and oxygen atoms in total. The highest BCUT2D eigenvalue weighted by Crippen LogP contribution is 2.30. The van der Waals surface area contributed by atoms with Gasteiger partial charge in [0.2, 0.25) is 0 Å². The van der Waals surface area contributed by atoms with E-state index in [1.54, 1.807) is 0 Å². The fourth-order valence-corrected chi connectivity index (χ4v) is 4.00. The Balaban J connectivity index is 2.08. The van der Waals surface area contributed by atoms with Gasteiger partial charge in [-0.25, -0.2) is 8.42 Å². The van der Waals surface area contributed by atoms with Crippen LogP contribution in [0.5, 0.6) is 11.5 Å². The van der Waals surface area contributed by atoms with Crippen molar-refractivity contribution < 1.29 is 31.4 Å². The fraction of sp³-hybridized carbons (Fsp3) is 0.571. The average molecular weight is 336 g/mol. The smallest absolute Gasteiger partial charge is 0.387 e. The van der Waals surface area contributed by atoms with Crippen LogP contribution >= 0.6 is 0 Å². The summed E-state index contributed by atoms with van der Waals surface area (Å²) in [7, 11) is -2.04. The van der Waals surface area contributed by atoms with Gasteiger partial charge >= 0.3 is 6.61 Å². The molecule has 1 aliphatic rings. The molecule has 0 amide bonds. The third-order valence-electron chi connectivity index (χ3n) is 3.29. The number of alkyl halides is 2. The summed E-state index contributed by atoms with van der Waals surface area (Å²) in [5.74, 6) is -0.286. The number of ether oxygens (including phenoxy) is 3. The molecule has 0 N–H and O–H groups in total. The van der Waals surface area contributed by atoms with Crippen LogP contribution in [0.15, 0.2) is 18.2 Å². The number of hydrogen-bond acceptors (Lipinski definition) is 5. The number of methoxy groups -OCH3 is 1. The molecule has 124 valence electrons. The van der Waals surface area contributed by atoms with Crippen LogP contribution in [0.2, 0.25) is 0 Å². The van der Waals surface area contributed by atoms with E-state index >= 15 is 0 Å². The zero-order valence-corrected chi connectivity index (χ0v) is 12.9. The first-order valence-corrected chi connectivity index (χ1v) is 8.65. The number of hydrogen-bond donors (Lipinski definition) is 0. The zero-order chi connectivity index (χ0) is 16.2. The van der Waals surface area contributed by atoms with Gasteiger partial charge in [-0.2, -0.15) is 8.78 Å². The molecule has 0 aliphatic carbocycles. The second kappa shape index (κ2) is 7.23. The Hall–Kier alpha value is -1.41. The molecule has 2 rings (SSSR count). The molecule has 1 saturated heterocycles. The van der Waals surface area contributed by atoms with Crippen LogP contribution in [0.25, 0.3) is 0 Å². The van der Waals surface area contributed by atoms with Gasteiger partial charge in [-0.15, -0.1) is 0 Å². The van der Waals surface area contributed by atoms with Gasteiger partial charge in [-0.3, -0.25) is 0 Å². The van der Waals surface area contributed by atoms with Crippen molar-refractivity contribution in [3.8, 4) is 11.5 Å². The highest BCUT2D eigenvalue weighted by molar-refractivity contribution is 7.90. The van der Waals surface area contributed by atoms with Crippen molar-refractivity contribution in [2.24, 2.45) is 0 Å². The molecule has 1 aliphatic heterocycles. The van der Waals surface area contributed by atoms with Crippen LogP contribution in [0, 0.1) is 0 Å². The van der Waals surface area contributed by atoms with E-state index in [2.05, 4.69) is 4.74 Å². The topological polar surface area (TPSA) is 61.8 Å². The van der Waals surface area contributed by atoms with Crippen LogP contribution in [-0.4, -0.2) is 40.6 Å². The third kappa shape index (κ3) is 4.81. The summed E-state index contributed by atoms with van der Waals surface area (Å²) in [6.07, 6.45) is 1.35. The van der Waals surface area contributed by atoms with Gasteiger partial charge in [-0.1, -0.05) is 6.07 Å². The Bertz CT molecular complexity index is 597. The van der Waals surface area contributed by atoms with Crippen LogP contribution < -0.4 is 9.47 Å². The van der Waals surface area contributed by atoms with Crippen LogP contribution in [-0.2, 0) is 20.3 Å². The molecule has 0 saturated carbocycles. The Kier molecular flexibility index (Phi) is 5.57. The van der Waals surface area contributed by atoms with Gasteiger partial charge < -0.3 is 14.2 Å². The van der Waals surface area contributed by atoms with Crippen LogP contribution in [0.1, 0.15) is 18.4 Å². The third-order valence-corrected chi connectivity index (χ3v) is 4.95. The molecule has 0 radical (unpaired) electrons. The number of rotatable bonds is 7. The monoisotopic (exact) mass is 336 g/mol. The standard InChI is InChI=1S/C14H18F2O5S/c1-19-13-7-10(4-5-12(13)21-14(15)16)8-22(17,18)9-11-3-2-6-20-11/h4-5,7,11,14H,2-3,6,8-9H2,1H3. The average Bonchev–Trinajstić information content (AvgIpc) is 2.91. The van der Waals surface area contributed by atoms with Crippen molar-refractivity contribution in [1.29, 1.82) is 0 Å². The number of halogens is 2. The summed E-state index contributed by atoms with van der Waals surface area (Å²) in [5.41, 5.74) is 0.455. The van der Waals surface area contributed by atoms with Crippen molar-refractivity contribution in [3.63, 3.8) is 0 Å². The van der Waals surface area contributed by atoms with E-state index in [-0.39, 0.29) is 29.1 Å². The molecule has 1 fully saturated rings. The minimum atomic E-state index is -3.35. The molecule has 1 aromatic rings. The molecule has 0 spiro atoms. The Labute approximate surface area is 128 Å². The summed E-state index contributed by atoms with van der Waals surface area (Å²) in [6, 6.07) is 4.11. The number of benzene rings is 1. The van der Waals surface area contributed by atoms with Gasteiger partial charge in [0.05, 0.1) is 24.7 Å². The van der Waals surface area contributed by atoms with E-state index in [9.17, 15) is 17.2 Å². The molecule has 22 heavy (non-hydrogen) atoms. The van der Waals surface area contributed by atoms with E-state index in [4.69, 9.17) is 9.47 Å². The normalized spacial score (nSPS) is 18.6. The molecule has 1 atom stereocenters. The Morgan fingerprint density at radius 3 is 2.73 bits per heavy atom. The maximum atomic E-state index is 12.2. The minimum Gasteiger partial charge on any atom is -0.493 e. The lowest BCUT2D eigenvalue weighted by molar-refractivity contribution is -0.0512. The molecule has 1 aromatic carbocycles. The molecule has 0 aromatic heterocycles. The highest BCUT2D eigenvalue weighted by Gasteiger charge is 2.24. The Morgan fingerprint density at radius 2 is 2.14 bits per heavy atom. The van der Waals surface area contributed by atoms with E-state index in [1.807, 2.05) is 0 Å². The van der Waals surface area contributed by atoms with Crippen LogP contribution in [0.4, 0.5) is 8.78 Å². The second-order valence-corrected chi connectivity index (χ2v) is 7.16. The van der Waals surface area contributed by atoms with Gasteiger partial charge in [0.25, 0.3) is 0 Å². The highest BCUT2D eigenvalue weighted by atomic mass is 32.2. The molecular formula is C14H18F2O5S. The lowest BCUT2D eigenvalue weighted by atomic mass is 10.2. The summed E-state index contributed by atoms with van der Waals surface area (Å²) in [5, 5.41) is 0. The zero-order valence-electron chi connectivity index (χ0n) is 12.1. The predicted octanol–water partition coefficient (Wildman–Crippen LogP) is 2.39. The van der Waals surface area contributed by atoms with Crippen LogP contribution in [0.3, 0.4) is 0 Å². The number of sulfone groups is 1. The van der Waals surface area contributed by atoms with Crippen molar-refractivity contribution in [2.75, 3.05) is 19.5 Å². The SMILES string of the molecule is COc1cc(CS(=O)(=O)CC2CCCO2)ccc1OC(F)F. The largest absolute Gasteiger partial charge is 0.493 e. The Morgan fingerprint density at radius 1 is 1.36 bits per heavy atom. The van der Waals surface area contributed by atoms with Gasteiger partial charge in [0.15, 0.2) is 21.3 Å². The lowest BCUT2D eigenvalue weighted by Gasteiger charge is -2.13. The summed E-state index contributed by atoms with van der Waals surface area (Å²) in [6.45, 7) is -2.38. The van der Waals surface area contributed by atoms with Gasteiger partial charge in [0, 0.05) is 6.61 Å². The summed E-state index contributed by atoms with van der Waals surface area (Å²) in [4.78, 5) is 0. The summed E-state index contributed by atoms with van der Waals surface area (Å²) < 4.78 is 63.4. The van der Waals surface area contributed by atoms with Crippen molar-refractivity contribution in [2.45, 2.75) is 31.3 Å². The molecular weight excluding hydrogens is 318 g/mol. The molecule has 8 heteroatoms. The van der Waals surface area contributed by atoms with Gasteiger partial charge in [-0.05, 0) is 30.5 Å². The van der Waals surface area contributed by atoms with E-state index < -0.39 is 16.4 Å². The first kappa shape index (κ1) is 17.0. The van der Waals surface area contributed by atoms with Crippen molar-refractivity contribution >= 4 is 9.84 Å². The molecule has 1 heterocycles. The fourth-order valence-electron chi connectivity index (χ4n) is 2.37. The minimum absolute atomic E-state index is 0.0371. The van der Waals surface area contributed by atoms with E-state index in [1.165, 1.54) is 25.3 Å². The quantitative estimate of drug-likeness (QED) is 0.765. The first-order chi connectivity index (χ1) is 10.4. The predicted molar refractivity (Wildman–Crippen MR) is 76.1 cm³/mol.